The Labute approximate surface area is 89.0 Å². The van der Waals surface area contributed by atoms with E-state index >= 15 is 0 Å². The summed E-state index contributed by atoms with van der Waals surface area (Å²) in [6, 6.07) is 9.39. The number of carboxylic acids is 1. The summed E-state index contributed by atoms with van der Waals surface area (Å²) >= 11 is 0. The van der Waals surface area contributed by atoms with E-state index in [1.807, 2.05) is 37.3 Å². The van der Waals surface area contributed by atoms with E-state index in [1.54, 1.807) is 0 Å². The summed E-state index contributed by atoms with van der Waals surface area (Å²) in [6.45, 7) is 3.38. The Balaban J connectivity index is 2.95. The molecule has 0 aliphatic rings. The van der Waals surface area contributed by atoms with E-state index in [9.17, 15) is 4.79 Å². The van der Waals surface area contributed by atoms with Crippen LogP contribution in [0.5, 0.6) is 0 Å². The number of nitrogens with zero attached hydrogens (tertiary/aromatic N) is 1. The van der Waals surface area contributed by atoms with E-state index in [0.717, 1.165) is 11.1 Å². The maximum Gasteiger partial charge on any atom is 0.324 e. The summed E-state index contributed by atoms with van der Waals surface area (Å²) in [5.41, 5.74) is 0.605. The van der Waals surface area contributed by atoms with Gasteiger partial charge in [0.25, 0.3) is 0 Å². The van der Waals surface area contributed by atoms with Gasteiger partial charge >= 0.3 is 5.97 Å². The molecule has 1 aromatic rings. The van der Waals surface area contributed by atoms with Crippen molar-refractivity contribution in [3.8, 4) is 6.07 Å². The van der Waals surface area contributed by atoms with Crippen LogP contribution < -0.4 is 0 Å². The van der Waals surface area contributed by atoms with Gasteiger partial charge in [0, 0.05) is 6.42 Å². The van der Waals surface area contributed by atoms with Gasteiger partial charge in [0.15, 0.2) is 5.41 Å². The quantitative estimate of drug-likeness (QED) is 0.818. The molecule has 0 aliphatic carbocycles. The van der Waals surface area contributed by atoms with Gasteiger partial charge in [-0.15, -0.1) is 0 Å². The fourth-order valence-corrected chi connectivity index (χ4v) is 1.39. The maximum absolute atomic E-state index is 10.9. The Bertz CT molecular complexity index is 420. The third kappa shape index (κ3) is 2.57. The van der Waals surface area contributed by atoms with Crippen LogP contribution in [0.15, 0.2) is 24.3 Å². The van der Waals surface area contributed by atoms with Crippen LogP contribution >= 0.6 is 0 Å². The summed E-state index contributed by atoms with van der Waals surface area (Å²) in [5.74, 6) is -1.08. The Hall–Kier alpha value is -1.82. The molecule has 3 heteroatoms. The topological polar surface area (TPSA) is 61.1 Å². The third-order valence-electron chi connectivity index (χ3n) is 2.36. The monoisotopic (exact) mass is 203 g/mol. The van der Waals surface area contributed by atoms with E-state index in [2.05, 4.69) is 0 Å². The molecule has 0 spiro atoms. The predicted octanol–water partition coefficient (Wildman–Crippen LogP) is 2.15. The van der Waals surface area contributed by atoms with Crippen LogP contribution in [0, 0.1) is 23.7 Å². The molecule has 78 valence electrons. The lowest BCUT2D eigenvalue weighted by atomic mass is 9.85. The number of hydrogen-bond donors (Lipinski definition) is 1. The van der Waals surface area contributed by atoms with Gasteiger partial charge in [-0.05, 0) is 19.4 Å². The number of aryl methyl sites for hydroxylation is 1. The van der Waals surface area contributed by atoms with Crippen molar-refractivity contribution >= 4 is 5.97 Å². The second kappa shape index (κ2) is 4.14. The SMILES string of the molecule is Cc1cccc(CC(C)(C#N)C(=O)O)c1. The van der Waals surface area contributed by atoms with Crippen LogP contribution in [0.25, 0.3) is 0 Å². The molecule has 0 aromatic heterocycles. The highest BCUT2D eigenvalue weighted by Gasteiger charge is 2.33. The molecule has 1 aromatic carbocycles. The molecule has 0 saturated heterocycles. The molecular weight excluding hydrogens is 190 g/mol. The number of benzene rings is 1. The van der Waals surface area contributed by atoms with Gasteiger partial charge in [-0.3, -0.25) is 4.79 Å². The average Bonchev–Trinajstić information content (AvgIpc) is 2.17. The van der Waals surface area contributed by atoms with Gasteiger partial charge < -0.3 is 5.11 Å². The van der Waals surface area contributed by atoms with Crippen LogP contribution in [-0.2, 0) is 11.2 Å². The van der Waals surface area contributed by atoms with Crippen molar-refractivity contribution < 1.29 is 9.90 Å². The first-order valence-corrected chi connectivity index (χ1v) is 4.68. The van der Waals surface area contributed by atoms with E-state index < -0.39 is 11.4 Å². The Morgan fingerprint density at radius 2 is 2.27 bits per heavy atom. The Morgan fingerprint density at radius 1 is 1.60 bits per heavy atom. The molecule has 0 fully saturated rings. The first-order chi connectivity index (χ1) is 6.98. The summed E-state index contributed by atoms with van der Waals surface area (Å²) in [4.78, 5) is 10.9. The predicted molar refractivity (Wildman–Crippen MR) is 56.2 cm³/mol. The average molecular weight is 203 g/mol. The zero-order valence-corrected chi connectivity index (χ0v) is 8.82. The third-order valence-corrected chi connectivity index (χ3v) is 2.36. The minimum atomic E-state index is -1.34. The maximum atomic E-state index is 10.9. The van der Waals surface area contributed by atoms with Gasteiger partial charge in [0.1, 0.15) is 0 Å². The molecule has 0 amide bonds. The van der Waals surface area contributed by atoms with E-state index in [4.69, 9.17) is 10.4 Å². The molecule has 0 bridgehead atoms. The van der Waals surface area contributed by atoms with Gasteiger partial charge in [-0.1, -0.05) is 29.8 Å². The van der Waals surface area contributed by atoms with E-state index in [-0.39, 0.29) is 6.42 Å². The number of carbonyl (C=O) groups is 1. The highest BCUT2D eigenvalue weighted by molar-refractivity contribution is 5.77. The molecule has 0 heterocycles. The van der Waals surface area contributed by atoms with Crippen molar-refractivity contribution in [1.82, 2.24) is 0 Å². The number of aliphatic carboxylic acids is 1. The minimum Gasteiger partial charge on any atom is -0.480 e. The summed E-state index contributed by atoms with van der Waals surface area (Å²) in [7, 11) is 0. The molecular formula is C12H13NO2. The molecule has 1 N–H and O–H groups in total. The number of hydrogen-bond acceptors (Lipinski definition) is 2. The number of rotatable bonds is 3. The fourth-order valence-electron chi connectivity index (χ4n) is 1.39. The van der Waals surface area contributed by atoms with Crippen LogP contribution in [0.1, 0.15) is 18.1 Å². The second-order valence-electron chi connectivity index (χ2n) is 3.91. The van der Waals surface area contributed by atoms with E-state index in [0.29, 0.717) is 0 Å². The van der Waals surface area contributed by atoms with Crippen molar-refractivity contribution in [2.75, 3.05) is 0 Å². The zero-order chi connectivity index (χ0) is 11.5. The zero-order valence-electron chi connectivity index (χ0n) is 8.82. The molecule has 1 atom stereocenters. The largest absolute Gasteiger partial charge is 0.480 e. The standard InChI is InChI=1S/C12H13NO2/c1-9-4-3-5-10(6-9)7-12(2,8-13)11(14)15/h3-6H,7H2,1-2H3,(H,14,15). The van der Waals surface area contributed by atoms with Gasteiger partial charge in [0.2, 0.25) is 0 Å². The summed E-state index contributed by atoms with van der Waals surface area (Å²) < 4.78 is 0. The lowest BCUT2D eigenvalue weighted by molar-refractivity contribution is -0.144. The second-order valence-corrected chi connectivity index (χ2v) is 3.91. The molecule has 0 radical (unpaired) electrons. The molecule has 0 saturated carbocycles. The minimum absolute atomic E-state index is 0.237. The lowest BCUT2D eigenvalue weighted by Crippen LogP contribution is -2.28. The van der Waals surface area contributed by atoms with Gasteiger partial charge in [0.05, 0.1) is 6.07 Å². The Kier molecular flexibility index (Phi) is 3.11. The molecule has 3 nitrogen and oxygen atoms in total. The first-order valence-electron chi connectivity index (χ1n) is 4.68. The Morgan fingerprint density at radius 3 is 2.73 bits per heavy atom. The van der Waals surface area contributed by atoms with Crippen LogP contribution in [0.3, 0.4) is 0 Å². The smallest absolute Gasteiger partial charge is 0.324 e. The first kappa shape index (κ1) is 11.3. The fraction of sp³-hybridized carbons (Fsp3) is 0.333. The number of carboxylic acid groups (broad SMARTS) is 1. The van der Waals surface area contributed by atoms with Crippen molar-refractivity contribution in [2.24, 2.45) is 5.41 Å². The van der Waals surface area contributed by atoms with Crippen LogP contribution in [-0.4, -0.2) is 11.1 Å². The number of nitriles is 1. The molecule has 15 heavy (non-hydrogen) atoms. The van der Waals surface area contributed by atoms with Crippen LogP contribution in [0.4, 0.5) is 0 Å². The van der Waals surface area contributed by atoms with Crippen molar-refractivity contribution in [1.29, 1.82) is 5.26 Å². The van der Waals surface area contributed by atoms with E-state index in [1.165, 1.54) is 6.92 Å². The molecule has 0 aliphatic heterocycles. The van der Waals surface area contributed by atoms with Crippen LogP contribution in [0.2, 0.25) is 0 Å². The van der Waals surface area contributed by atoms with Crippen molar-refractivity contribution in [3.63, 3.8) is 0 Å². The van der Waals surface area contributed by atoms with Gasteiger partial charge in [-0.2, -0.15) is 5.26 Å². The molecule has 1 rings (SSSR count). The molecule has 1 unspecified atom stereocenters. The van der Waals surface area contributed by atoms with Crippen molar-refractivity contribution in [3.05, 3.63) is 35.4 Å². The highest BCUT2D eigenvalue weighted by Crippen LogP contribution is 2.22. The summed E-state index contributed by atoms with van der Waals surface area (Å²) in [5, 5.41) is 17.8. The summed E-state index contributed by atoms with van der Waals surface area (Å²) in [6.07, 6.45) is 0.237. The van der Waals surface area contributed by atoms with Gasteiger partial charge in [-0.25, -0.2) is 0 Å². The lowest BCUT2D eigenvalue weighted by Gasteiger charge is -2.15. The van der Waals surface area contributed by atoms with Crippen molar-refractivity contribution in [2.45, 2.75) is 20.3 Å². The normalized spacial score (nSPS) is 13.9. The highest BCUT2D eigenvalue weighted by atomic mass is 16.4.